The van der Waals surface area contributed by atoms with Crippen molar-refractivity contribution < 1.29 is 18.7 Å². The van der Waals surface area contributed by atoms with Gasteiger partial charge in [0.05, 0.1) is 36.9 Å². The first kappa shape index (κ1) is 21.6. The van der Waals surface area contributed by atoms with Crippen LogP contribution in [0.4, 0.5) is 9.18 Å². The van der Waals surface area contributed by atoms with Gasteiger partial charge in [-0.15, -0.1) is 0 Å². The number of carbonyl (C=O) groups excluding carboxylic acids is 1. The molecule has 0 N–H and O–H groups in total. The zero-order valence-electron chi connectivity index (χ0n) is 19.0. The van der Waals surface area contributed by atoms with E-state index in [1.54, 1.807) is 4.90 Å². The summed E-state index contributed by atoms with van der Waals surface area (Å²) in [5.74, 6) is -0.399. The topological polar surface area (TPSA) is 62.6 Å². The summed E-state index contributed by atoms with van der Waals surface area (Å²) < 4.78 is 25.6. The van der Waals surface area contributed by atoms with E-state index in [-0.39, 0.29) is 36.5 Å². The smallest absolute Gasteiger partial charge is 0.410 e. The Labute approximate surface area is 203 Å². The van der Waals surface area contributed by atoms with Crippen molar-refractivity contribution in [3.05, 3.63) is 101 Å². The van der Waals surface area contributed by atoms with Crippen LogP contribution >= 0.6 is 0 Å². The molecule has 174 valence electrons. The molecule has 1 aliphatic carbocycles. The fraction of sp³-hybridized carbons (Fsp3) is 0.241. The van der Waals surface area contributed by atoms with E-state index in [2.05, 4.69) is 30.3 Å². The number of nitriles is 1. The molecule has 6 rings (SSSR count). The summed E-state index contributed by atoms with van der Waals surface area (Å²) in [6, 6.07) is 22.2. The lowest BCUT2D eigenvalue weighted by molar-refractivity contribution is -0.0331. The average molecular weight is 467 g/mol. The summed E-state index contributed by atoms with van der Waals surface area (Å²) >= 11 is 0. The van der Waals surface area contributed by atoms with E-state index in [0.29, 0.717) is 30.8 Å². The molecule has 2 aliphatic heterocycles. The fourth-order valence-corrected chi connectivity index (χ4v) is 5.63. The summed E-state index contributed by atoms with van der Waals surface area (Å²) in [6.07, 6.45) is 2.01. The molecule has 3 aromatic carbocycles. The maximum atomic E-state index is 13.9. The van der Waals surface area contributed by atoms with Crippen LogP contribution in [0.25, 0.3) is 16.7 Å². The van der Waals surface area contributed by atoms with Crippen LogP contribution in [0.15, 0.2) is 72.8 Å². The van der Waals surface area contributed by atoms with Crippen molar-refractivity contribution in [1.29, 1.82) is 5.26 Å². The van der Waals surface area contributed by atoms with Gasteiger partial charge in [0, 0.05) is 5.92 Å². The highest BCUT2D eigenvalue weighted by Crippen LogP contribution is 2.44. The molecule has 1 amide bonds. The highest BCUT2D eigenvalue weighted by molar-refractivity contribution is 5.80. The molecule has 35 heavy (non-hydrogen) atoms. The fourth-order valence-electron chi connectivity index (χ4n) is 5.63. The Bertz CT molecular complexity index is 1350. The van der Waals surface area contributed by atoms with Crippen LogP contribution in [-0.2, 0) is 9.47 Å². The highest BCUT2D eigenvalue weighted by Gasteiger charge is 2.40. The summed E-state index contributed by atoms with van der Waals surface area (Å²) in [7, 11) is 0. The van der Waals surface area contributed by atoms with Gasteiger partial charge in [-0.3, -0.25) is 4.90 Å². The minimum atomic E-state index is -0.389. The summed E-state index contributed by atoms with van der Waals surface area (Å²) in [6.45, 7) is 0.958. The third-order valence-electron chi connectivity index (χ3n) is 7.19. The summed E-state index contributed by atoms with van der Waals surface area (Å²) in [5.41, 5.74) is 6.57. The molecule has 6 heteroatoms. The van der Waals surface area contributed by atoms with Gasteiger partial charge in [-0.1, -0.05) is 54.6 Å². The van der Waals surface area contributed by atoms with Crippen LogP contribution in [0.2, 0.25) is 0 Å². The number of ether oxygens (including phenoxy) is 2. The Morgan fingerprint density at radius 2 is 1.74 bits per heavy atom. The minimum Gasteiger partial charge on any atom is -0.448 e. The van der Waals surface area contributed by atoms with Crippen molar-refractivity contribution in [1.82, 2.24) is 4.90 Å². The molecular weight excluding hydrogens is 443 g/mol. The number of morpholine rings is 1. The number of carbonyl (C=O) groups is 1. The third kappa shape index (κ3) is 3.69. The molecule has 2 atom stereocenters. The first-order chi connectivity index (χ1) is 17.1. The zero-order valence-corrected chi connectivity index (χ0v) is 19.0. The molecular formula is C29H23FN2O3. The number of halogens is 1. The lowest BCUT2D eigenvalue weighted by atomic mass is 9.88. The SMILES string of the molecule is N#Cc1ccc(F)cc1C1=CC2COCC(C1)N2C(=O)OCC1c2ccccc2-c2ccccc21. The van der Waals surface area contributed by atoms with Crippen molar-refractivity contribution in [2.75, 3.05) is 19.8 Å². The van der Waals surface area contributed by atoms with E-state index >= 15 is 0 Å². The maximum Gasteiger partial charge on any atom is 0.410 e. The minimum absolute atomic E-state index is 0.0104. The second-order valence-corrected chi connectivity index (χ2v) is 9.17. The molecule has 1 saturated heterocycles. The first-order valence-corrected chi connectivity index (χ1v) is 11.8. The number of benzene rings is 3. The Kier molecular flexibility index (Phi) is 5.35. The molecule has 5 nitrogen and oxygen atoms in total. The normalized spacial score (nSPS) is 20.5. The van der Waals surface area contributed by atoms with Gasteiger partial charge in [0.1, 0.15) is 12.4 Å². The Hall–Kier alpha value is -3.95. The van der Waals surface area contributed by atoms with Crippen LogP contribution < -0.4 is 0 Å². The quantitative estimate of drug-likeness (QED) is 0.511. The molecule has 1 fully saturated rings. The van der Waals surface area contributed by atoms with Crippen molar-refractivity contribution in [3.63, 3.8) is 0 Å². The molecule has 2 unspecified atom stereocenters. The van der Waals surface area contributed by atoms with Crippen molar-refractivity contribution in [2.45, 2.75) is 24.4 Å². The summed E-state index contributed by atoms with van der Waals surface area (Å²) in [4.78, 5) is 15.1. The van der Waals surface area contributed by atoms with E-state index in [4.69, 9.17) is 9.47 Å². The van der Waals surface area contributed by atoms with Crippen molar-refractivity contribution in [2.24, 2.45) is 0 Å². The van der Waals surface area contributed by atoms with Crippen LogP contribution in [0.3, 0.4) is 0 Å². The molecule has 3 aliphatic rings. The molecule has 2 bridgehead atoms. The predicted octanol–water partition coefficient (Wildman–Crippen LogP) is 5.50. The standard InChI is InChI=1S/C29H23FN2O3/c30-20-10-9-18(14-31)27(13-20)19-11-21-15-34-16-22(12-19)32(21)29(33)35-17-28-25-7-3-1-5-23(25)24-6-2-4-8-26(24)28/h1-11,13,21-22,28H,12,15-17H2. The largest absolute Gasteiger partial charge is 0.448 e. The van der Waals surface area contributed by atoms with Crippen LogP contribution in [0.1, 0.15) is 34.6 Å². The van der Waals surface area contributed by atoms with Crippen LogP contribution in [0, 0.1) is 17.1 Å². The first-order valence-electron chi connectivity index (χ1n) is 11.8. The van der Waals surface area contributed by atoms with Crippen molar-refractivity contribution >= 4 is 11.7 Å². The van der Waals surface area contributed by atoms with E-state index in [0.717, 1.165) is 5.57 Å². The monoisotopic (exact) mass is 466 g/mol. The second-order valence-electron chi connectivity index (χ2n) is 9.17. The van der Waals surface area contributed by atoms with Gasteiger partial charge >= 0.3 is 6.09 Å². The van der Waals surface area contributed by atoms with Gasteiger partial charge in [-0.25, -0.2) is 9.18 Å². The Morgan fingerprint density at radius 3 is 2.43 bits per heavy atom. The van der Waals surface area contributed by atoms with Gasteiger partial charge in [-0.05, 0) is 58.0 Å². The molecule has 2 heterocycles. The van der Waals surface area contributed by atoms with Gasteiger partial charge < -0.3 is 9.47 Å². The number of nitrogens with zero attached hydrogens (tertiary/aromatic N) is 2. The van der Waals surface area contributed by atoms with Gasteiger partial charge in [-0.2, -0.15) is 5.26 Å². The lowest BCUT2D eigenvalue weighted by Gasteiger charge is -2.44. The molecule has 0 radical (unpaired) electrons. The van der Waals surface area contributed by atoms with Crippen LogP contribution in [-0.4, -0.2) is 42.9 Å². The lowest BCUT2D eigenvalue weighted by Crippen LogP contribution is -2.56. The van der Waals surface area contributed by atoms with E-state index in [1.165, 1.54) is 40.5 Å². The van der Waals surface area contributed by atoms with Gasteiger partial charge in [0.25, 0.3) is 0 Å². The number of hydrogen-bond acceptors (Lipinski definition) is 4. The zero-order chi connectivity index (χ0) is 23.9. The second kappa shape index (κ2) is 8.68. The van der Waals surface area contributed by atoms with Crippen LogP contribution in [0.5, 0.6) is 0 Å². The molecule has 0 saturated carbocycles. The number of fused-ring (bicyclic) bond motifs is 5. The van der Waals surface area contributed by atoms with Crippen molar-refractivity contribution in [3.8, 4) is 17.2 Å². The molecule has 3 aromatic rings. The van der Waals surface area contributed by atoms with Gasteiger partial charge in [0.2, 0.25) is 0 Å². The highest BCUT2D eigenvalue weighted by atomic mass is 19.1. The average Bonchev–Trinajstić information content (AvgIpc) is 3.20. The molecule has 0 spiro atoms. The van der Waals surface area contributed by atoms with E-state index < -0.39 is 0 Å². The third-order valence-corrected chi connectivity index (χ3v) is 7.19. The predicted molar refractivity (Wildman–Crippen MR) is 129 cm³/mol. The molecule has 0 aromatic heterocycles. The number of amides is 1. The Balaban J connectivity index is 1.24. The van der Waals surface area contributed by atoms with E-state index in [9.17, 15) is 14.4 Å². The Morgan fingerprint density at radius 1 is 1.03 bits per heavy atom. The summed E-state index contributed by atoms with van der Waals surface area (Å²) in [5, 5.41) is 9.49. The van der Waals surface area contributed by atoms with Gasteiger partial charge in [0.15, 0.2) is 0 Å². The number of rotatable bonds is 3. The van der Waals surface area contributed by atoms with E-state index in [1.807, 2.05) is 30.3 Å². The number of hydrogen-bond donors (Lipinski definition) is 0. The maximum absolute atomic E-state index is 13.9.